The van der Waals surface area contributed by atoms with Crippen LogP contribution in [0.5, 0.6) is 5.75 Å². The highest BCUT2D eigenvalue weighted by Gasteiger charge is 2.38. The second-order valence-corrected chi connectivity index (χ2v) is 4.32. The normalized spacial score (nSPS) is 18.8. The molecule has 1 N–H and O–H groups in total. The number of benzene rings is 1. The largest absolute Gasteiger partial charge is 0.497 e. The van der Waals surface area contributed by atoms with Gasteiger partial charge in [0.2, 0.25) is 0 Å². The molecule has 0 saturated carbocycles. The summed E-state index contributed by atoms with van der Waals surface area (Å²) >= 11 is 3.37. The molecule has 0 bridgehead atoms. The Morgan fingerprint density at radius 3 is 2.64 bits per heavy atom. The van der Waals surface area contributed by atoms with Crippen LogP contribution in [0.4, 0.5) is 0 Å². The lowest BCUT2D eigenvalue weighted by molar-refractivity contribution is -0.184. The molecule has 0 atom stereocenters. The van der Waals surface area contributed by atoms with E-state index in [4.69, 9.17) is 9.47 Å². The molecule has 0 aromatic heterocycles. The second-order valence-electron chi connectivity index (χ2n) is 3.40. The van der Waals surface area contributed by atoms with Crippen LogP contribution in [0.1, 0.15) is 5.56 Å². The molecule has 1 saturated heterocycles. The molecule has 1 aromatic carbocycles. The summed E-state index contributed by atoms with van der Waals surface area (Å²) in [6.45, 7) is 0.708. The number of hydrogen-bond acceptors (Lipinski definition) is 3. The number of rotatable bonds is 2. The molecular formula is C10H11BrO3. The predicted molar refractivity (Wildman–Crippen MR) is 55.4 cm³/mol. The van der Waals surface area contributed by atoms with Crippen molar-refractivity contribution in [2.75, 3.05) is 20.3 Å². The molecule has 1 aliphatic rings. The average molecular weight is 259 g/mol. The molecule has 3 nitrogen and oxygen atoms in total. The summed E-state index contributed by atoms with van der Waals surface area (Å²) < 4.78 is 11.0. The highest BCUT2D eigenvalue weighted by Crippen LogP contribution is 2.33. The van der Waals surface area contributed by atoms with Crippen molar-refractivity contribution < 1.29 is 14.6 Å². The van der Waals surface area contributed by atoms with Crippen molar-refractivity contribution in [3.05, 3.63) is 28.2 Å². The third-order valence-corrected chi connectivity index (χ3v) is 2.78. The summed E-state index contributed by atoms with van der Waals surface area (Å²) in [5.74, 6) is 0.731. The van der Waals surface area contributed by atoms with Crippen molar-refractivity contribution in [2.45, 2.75) is 5.60 Å². The Kier molecular flexibility index (Phi) is 2.51. The van der Waals surface area contributed by atoms with Crippen molar-refractivity contribution in [2.24, 2.45) is 0 Å². The van der Waals surface area contributed by atoms with E-state index in [1.165, 1.54) is 0 Å². The maximum Gasteiger partial charge on any atom is 0.136 e. The van der Waals surface area contributed by atoms with Crippen LogP contribution in [0.3, 0.4) is 0 Å². The van der Waals surface area contributed by atoms with Crippen LogP contribution in [-0.4, -0.2) is 25.4 Å². The van der Waals surface area contributed by atoms with E-state index in [1.807, 2.05) is 18.2 Å². The lowest BCUT2D eigenvalue weighted by Gasteiger charge is -2.36. The Balaban J connectivity index is 2.37. The van der Waals surface area contributed by atoms with Gasteiger partial charge in [-0.15, -0.1) is 0 Å². The average Bonchev–Trinajstić information content (AvgIpc) is 2.13. The standard InChI is InChI=1S/C10H11BrO3/c1-13-9-3-7(2-8(11)4-9)10(12)5-14-6-10/h2-4,12H,5-6H2,1H3. The zero-order valence-corrected chi connectivity index (χ0v) is 9.37. The molecule has 0 unspecified atom stereocenters. The number of halogens is 1. The molecule has 1 fully saturated rings. The number of ether oxygens (including phenoxy) is 2. The van der Waals surface area contributed by atoms with Gasteiger partial charge >= 0.3 is 0 Å². The molecule has 14 heavy (non-hydrogen) atoms. The Morgan fingerprint density at radius 2 is 2.14 bits per heavy atom. The van der Waals surface area contributed by atoms with Gasteiger partial charge in [-0.25, -0.2) is 0 Å². The molecular weight excluding hydrogens is 248 g/mol. The molecule has 1 heterocycles. The lowest BCUT2D eigenvalue weighted by atomic mass is 9.92. The first-order chi connectivity index (χ1) is 6.64. The maximum absolute atomic E-state index is 10.0. The smallest absolute Gasteiger partial charge is 0.136 e. The first-order valence-electron chi connectivity index (χ1n) is 4.29. The molecule has 0 radical (unpaired) electrons. The third kappa shape index (κ3) is 1.65. The quantitative estimate of drug-likeness (QED) is 0.878. The van der Waals surface area contributed by atoms with E-state index in [0.29, 0.717) is 13.2 Å². The van der Waals surface area contributed by atoms with Crippen molar-refractivity contribution >= 4 is 15.9 Å². The molecule has 0 aliphatic carbocycles. The SMILES string of the molecule is COc1cc(Br)cc(C2(O)COC2)c1. The maximum atomic E-state index is 10.0. The van der Waals surface area contributed by atoms with Crippen LogP contribution in [0.2, 0.25) is 0 Å². The van der Waals surface area contributed by atoms with E-state index in [0.717, 1.165) is 15.8 Å². The third-order valence-electron chi connectivity index (χ3n) is 2.33. The van der Waals surface area contributed by atoms with Gasteiger partial charge in [-0.3, -0.25) is 0 Å². The minimum Gasteiger partial charge on any atom is -0.497 e. The molecule has 1 aromatic rings. The first kappa shape index (κ1) is 9.96. The number of hydrogen-bond donors (Lipinski definition) is 1. The highest BCUT2D eigenvalue weighted by molar-refractivity contribution is 9.10. The van der Waals surface area contributed by atoms with E-state index in [2.05, 4.69) is 15.9 Å². The Bertz CT molecular complexity index is 347. The van der Waals surface area contributed by atoms with E-state index in [9.17, 15) is 5.11 Å². The first-order valence-corrected chi connectivity index (χ1v) is 5.08. The second kappa shape index (κ2) is 3.53. The van der Waals surface area contributed by atoms with Crippen molar-refractivity contribution in [1.29, 1.82) is 0 Å². The van der Waals surface area contributed by atoms with Crippen LogP contribution >= 0.6 is 15.9 Å². The monoisotopic (exact) mass is 258 g/mol. The van der Waals surface area contributed by atoms with E-state index in [-0.39, 0.29) is 0 Å². The van der Waals surface area contributed by atoms with E-state index in [1.54, 1.807) is 7.11 Å². The van der Waals surface area contributed by atoms with Crippen LogP contribution < -0.4 is 4.74 Å². The van der Waals surface area contributed by atoms with E-state index < -0.39 is 5.60 Å². The van der Waals surface area contributed by atoms with Crippen LogP contribution in [0.15, 0.2) is 22.7 Å². The summed E-state index contributed by atoms with van der Waals surface area (Å²) in [5.41, 5.74) is -0.00757. The predicted octanol–water partition coefficient (Wildman–Crippen LogP) is 1.68. The van der Waals surface area contributed by atoms with Gasteiger partial charge in [-0.2, -0.15) is 0 Å². The Morgan fingerprint density at radius 1 is 1.43 bits per heavy atom. The molecule has 0 amide bonds. The van der Waals surface area contributed by atoms with Gasteiger partial charge < -0.3 is 14.6 Å². The van der Waals surface area contributed by atoms with Crippen LogP contribution in [-0.2, 0) is 10.3 Å². The minimum absolute atomic E-state index is 0.354. The molecule has 2 rings (SSSR count). The molecule has 76 valence electrons. The summed E-state index contributed by atoms with van der Waals surface area (Å²) in [5, 5.41) is 10.0. The van der Waals surface area contributed by atoms with Gasteiger partial charge in [-0.1, -0.05) is 15.9 Å². The van der Waals surface area contributed by atoms with Gasteiger partial charge in [0.05, 0.1) is 20.3 Å². The zero-order valence-electron chi connectivity index (χ0n) is 7.79. The summed E-state index contributed by atoms with van der Waals surface area (Å²) in [6.07, 6.45) is 0. The minimum atomic E-state index is -0.836. The van der Waals surface area contributed by atoms with Gasteiger partial charge in [0, 0.05) is 4.47 Å². The Labute approximate surface area is 90.8 Å². The van der Waals surface area contributed by atoms with Crippen molar-refractivity contribution in [3.8, 4) is 5.75 Å². The summed E-state index contributed by atoms with van der Waals surface area (Å²) in [4.78, 5) is 0. The van der Waals surface area contributed by atoms with Crippen molar-refractivity contribution in [3.63, 3.8) is 0 Å². The van der Waals surface area contributed by atoms with Crippen LogP contribution in [0.25, 0.3) is 0 Å². The van der Waals surface area contributed by atoms with Gasteiger partial charge in [-0.05, 0) is 23.8 Å². The lowest BCUT2D eigenvalue weighted by Crippen LogP contribution is -2.46. The zero-order chi connectivity index (χ0) is 10.2. The van der Waals surface area contributed by atoms with Crippen molar-refractivity contribution in [1.82, 2.24) is 0 Å². The molecule has 1 aliphatic heterocycles. The van der Waals surface area contributed by atoms with Crippen LogP contribution in [0, 0.1) is 0 Å². The topological polar surface area (TPSA) is 38.7 Å². The number of aliphatic hydroxyl groups is 1. The van der Waals surface area contributed by atoms with Gasteiger partial charge in [0.1, 0.15) is 11.4 Å². The fourth-order valence-electron chi connectivity index (χ4n) is 1.41. The van der Waals surface area contributed by atoms with Gasteiger partial charge in [0.25, 0.3) is 0 Å². The summed E-state index contributed by atoms with van der Waals surface area (Å²) in [6, 6.07) is 5.56. The molecule has 0 spiro atoms. The van der Waals surface area contributed by atoms with E-state index >= 15 is 0 Å². The fourth-order valence-corrected chi connectivity index (χ4v) is 1.88. The Hall–Kier alpha value is -0.580. The fraction of sp³-hybridized carbons (Fsp3) is 0.400. The highest BCUT2D eigenvalue weighted by atomic mass is 79.9. The summed E-state index contributed by atoms with van der Waals surface area (Å²) in [7, 11) is 1.60. The van der Waals surface area contributed by atoms with Gasteiger partial charge in [0.15, 0.2) is 0 Å². The molecule has 4 heteroatoms. The number of methoxy groups -OCH3 is 1.